The van der Waals surface area contributed by atoms with Crippen LogP contribution in [-0.4, -0.2) is 24.0 Å². The lowest BCUT2D eigenvalue weighted by atomic mass is 10.2. The van der Waals surface area contributed by atoms with Crippen molar-refractivity contribution in [3.05, 3.63) is 46.4 Å². The van der Waals surface area contributed by atoms with E-state index in [0.29, 0.717) is 12.3 Å². The van der Waals surface area contributed by atoms with Crippen LogP contribution in [-0.2, 0) is 11.3 Å². The van der Waals surface area contributed by atoms with Crippen LogP contribution in [0.15, 0.2) is 35.7 Å². The quantitative estimate of drug-likeness (QED) is 0.848. The molecule has 1 amide bonds. The van der Waals surface area contributed by atoms with Gasteiger partial charge in [0.25, 0.3) is 5.91 Å². The molecule has 20 heavy (non-hydrogen) atoms. The number of thiazole rings is 1. The average Bonchev–Trinajstić information content (AvgIpc) is 2.89. The monoisotopic (exact) mass is 290 g/mol. The Morgan fingerprint density at radius 1 is 1.35 bits per heavy atom. The standard InChI is InChI=1S/C15H18N2O2S/c1-11(2)17(12-7-5-4-6-8-12)15(18)13-10-20-14(16-13)9-19-3/h4-8,10-11H,9H2,1-3H3. The van der Waals surface area contributed by atoms with Gasteiger partial charge in [-0.3, -0.25) is 4.79 Å². The molecule has 4 nitrogen and oxygen atoms in total. The minimum atomic E-state index is -0.0789. The molecule has 0 saturated heterocycles. The van der Waals surface area contributed by atoms with E-state index in [9.17, 15) is 4.79 Å². The molecule has 0 radical (unpaired) electrons. The lowest BCUT2D eigenvalue weighted by Gasteiger charge is -2.26. The summed E-state index contributed by atoms with van der Waals surface area (Å²) in [6, 6.07) is 9.72. The molecule has 0 saturated carbocycles. The molecule has 2 aromatic rings. The normalized spacial score (nSPS) is 10.8. The number of anilines is 1. The number of benzene rings is 1. The summed E-state index contributed by atoms with van der Waals surface area (Å²) in [5.74, 6) is -0.0789. The molecule has 0 spiro atoms. The van der Waals surface area contributed by atoms with E-state index >= 15 is 0 Å². The van der Waals surface area contributed by atoms with Gasteiger partial charge in [0, 0.05) is 24.2 Å². The van der Waals surface area contributed by atoms with Gasteiger partial charge in [-0.15, -0.1) is 11.3 Å². The number of carbonyl (C=O) groups is 1. The van der Waals surface area contributed by atoms with Gasteiger partial charge < -0.3 is 9.64 Å². The Bertz CT molecular complexity index is 566. The van der Waals surface area contributed by atoms with Crippen LogP contribution in [0.3, 0.4) is 0 Å². The fraction of sp³-hybridized carbons (Fsp3) is 0.333. The Morgan fingerprint density at radius 2 is 2.05 bits per heavy atom. The van der Waals surface area contributed by atoms with E-state index in [2.05, 4.69) is 4.98 Å². The molecule has 5 heteroatoms. The minimum absolute atomic E-state index is 0.0671. The van der Waals surface area contributed by atoms with Crippen molar-refractivity contribution < 1.29 is 9.53 Å². The number of hydrogen-bond acceptors (Lipinski definition) is 4. The van der Waals surface area contributed by atoms with Gasteiger partial charge in [0.2, 0.25) is 0 Å². The van der Waals surface area contributed by atoms with Crippen LogP contribution < -0.4 is 4.90 Å². The van der Waals surface area contributed by atoms with Crippen LogP contribution in [0.4, 0.5) is 5.69 Å². The highest BCUT2D eigenvalue weighted by Gasteiger charge is 2.22. The fourth-order valence-corrected chi connectivity index (χ4v) is 2.70. The fourth-order valence-electron chi connectivity index (χ4n) is 1.96. The SMILES string of the molecule is COCc1nc(C(=O)N(c2ccccc2)C(C)C)cs1. The molecule has 0 fully saturated rings. The third-order valence-electron chi connectivity index (χ3n) is 2.81. The van der Waals surface area contributed by atoms with Crippen LogP contribution in [0.2, 0.25) is 0 Å². The number of carbonyl (C=O) groups excluding carboxylic acids is 1. The number of hydrogen-bond donors (Lipinski definition) is 0. The first-order chi connectivity index (χ1) is 9.63. The number of para-hydroxylation sites is 1. The van der Waals surface area contributed by atoms with Crippen molar-refractivity contribution in [1.29, 1.82) is 0 Å². The molecule has 0 aliphatic heterocycles. The van der Waals surface area contributed by atoms with Crippen molar-refractivity contribution in [2.24, 2.45) is 0 Å². The molecule has 1 heterocycles. The van der Waals surface area contributed by atoms with E-state index in [-0.39, 0.29) is 11.9 Å². The molecule has 0 atom stereocenters. The largest absolute Gasteiger partial charge is 0.378 e. The summed E-state index contributed by atoms with van der Waals surface area (Å²) in [7, 11) is 1.62. The lowest BCUT2D eigenvalue weighted by molar-refractivity contribution is 0.0975. The number of amides is 1. The maximum atomic E-state index is 12.6. The van der Waals surface area contributed by atoms with Crippen molar-refractivity contribution in [1.82, 2.24) is 4.98 Å². The zero-order valence-electron chi connectivity index (χ0n) is 11.9. The molecule has 1 aromatic heterocycles. The zero-order valence-corrected chi connectivity index (χ0v) is 12.7. The van der Waals surface area contributed by atoms with E-state index in [1.54, 1.807) is 17.4 Å². The van der Waals surface area contributed by atoms with E-state index in [4.69, 9.17) is 4.74 Å². The Morgan fingerprint density at radius 3 is 2.65 bits per heavy atom. The number of aromatic nitrogens is 1. The van der Waals surface area contributed by atoms with Crippen molar-refractivity contribution >= 4 is 22.9 Å². The second-order valence-electron chi connectivity index (χ2n) is 4.66. The second kappa shape index (κ2) is 6.63. The van der Waals surface area contributed by atoms with Crippen molar-refractivity contribution in [3.63, 3.8) is 0 Å². The van der Waals surface area contributed by atoms with Crippen molar-refractivity contribution in [2.75, 3.05) is 12.0 Å². The van der Waals surface area contributed by atoms with Gasteiger partial charge in [0.15, 0.2) is 0 Å². The summed E-state index contributed by atoms with van der Waals surface area (Å²) >= 11 is 1.44. The third-order valence-corrected chi connectivity index (χ3v) is 3.63. The molecule has 0 N–H and O–H groups in total. The topological polar surface area (TPSA) is 42.4 Å². The first-order valence-electron chi connectivity index (χ1n) is 6.45. The van der Waals surface area contributed by atoms with Gasteiger partial charge in [-0.2, -0.15) is 0 Å². The summed E-state index contributed by atoms with van der Waals surface area (Å²) in [6.45, 7) is 4.42. The molecule has 0 unspecified atom stereocenters. The van der Waals surface area contributed by atoms with Gasteiger partial charge >= 0.3 is 0 Å². The Balaban J connectivity index is 2.27. The van der Waals surface area contributed by atoms with E-state index < -0.39 is 0 Å². The summed E-state index contributed by atoms with van der Waals surface area (Å²) in [6.07, 6.45) is 0. The molecule has 1 aromatic carbocycles. The molecular weight excluding hydrogens is 272 g/mol. The zero-order chi connectivity index (χ0) is 14.5. The highest BCUT2D eigenvalue weighted by atomic mass is 32.1. The predicted molar refractivity (Wildman–Crippen MR) is 81.2 cm³/mol. The van der Waals surface area contributed by atoms with E-state index in [1.807, 2.05) is 44.2 Å². The Kier molecular flexibility index (Phi) is 4.87. The summed E-state index contributed by atoms with van der Waals surface area (Å²) in [5.41, 5.74) is 1.35. The van der Waals surface area contributed by atoms with Crippen LogP contribution in [0, 0.1) is 0 Å². The number of rotatable bonds is 5. The Labute approximate surface area is 123 Å². The molecule has 106 valence electrons. The summed E-state index contributed by atoms with van der Waals surface area (Å²) in [4.78, 5) is 18.7. The van der Waals surface area contributed by atoms with E-state index in [1.165, 1.54) is 11.3 Å². The molecule has 2 rings (SSSR count). The Hall–Kier alpha value is -1.72. The molecule has 0 bridgehead atoms. The van der Waals surface area contributed by atoms with Crippen LogP contribution in [0.1, 0.15) is 29.3 Å². The summed E-state index contributed by atoms with van der Waals surface area (Å²) < 4.78 is 5.04. The number of methoxy groups -OCH3 is 1. The molecule has 0 aliphatic carbocycles. The lowest BCUT2D eigenvalue weighted by Crippen LogP contribution is -2.37. The van der Waals surface area contributed by atoms with Gasteiger partial charge in [-0.25, -0.2) is 4.98 Å². The van der Waals surface area contributed by atoms with Gasteiger partial charge in [0.1, 0.15) is 10.7 Å². The summed E-state index contributed by atoms with van der Waals surface area (Å²) in [5, 5.41) is 2.60. The maximum Gasteiger partial charge on any atom is 0.277 e. The molecular formula is C15H18N2O2S. The van der Waals surface area contributed by atoms with Crippen LogP contribution >= 0.6 is 11.3 Å². The highest BCUT2D eigenvalue weighted by Crippen LogP contribution is 2.21. The highest BCUT2D eigenvalue weighted by molar-refractivity contribution is 7.09. The first kappa shape index (κ1) is 14.7. The smallest absolute Gasteiger partial charge is 0.277 e. The second-order valence-corrected chi connectivity index (χ2v) is 5.61. The van der Waals surface area contributed by atoms with Crippen molar-refractivity contribution in [3.8, 4) is 0 Å². The van der Waals surface area contributed by atoms with Gasteiger partial charge in [-0.05, 0) is 26.0 Å². The number of nitrogens with zero attached hydrogens (tertiary/aromatic N) is 2. The van der Waals surface area contributed by atoms with Gasteiger partial charge in [-0.1, -0.05) is 18.2 Å². The third kappa shape index (κ3) is 3.23. The van der Waals surface area contributed by atoms with E-state index in [0.717, 1.165) is 10.7 Å². The number of ether oxygens (including phenoxy) is 1. The predicted octanol–water partition coefficient (Wildman–Crippen LogP) is 3.34. The van der Waals surface area contributed by atoms with Gasteiger partial charge in [0.05, 0.1) is 6.61 Å². The van der Waals surface area contributed by atoms with Crippen LogP contribution in [0.5, 0.6) is 0 Å². The average molecular weight is 290 g/mol. The van der Waals surface area contributed by atoms with Crippen molar-refractivity contribution in [2.45, 2.75) is 26.5 Å². The maximum absolute atomic E-state index is 12.6. The molecule has 0 aliphatic rings. The first-order valence-corrected chi connectivity index (χ1v) is 7.33. The van der Waals surface area contributed by atoms with Crippen LogP contribution in [0.25, 0.3) is 0 Å². The minimum Gasteiger partial charge on any atom is -0.378 e.